The van der Waals surface area contributed by atoms with Crippen molar-refractivity contribution in [2.75, 3.05) is 20.1 Å². The Bertz CT molecular complexity index is 710. The second-order valence-corrected chi connectivity index (χ2v) is 6.95. The van der Waals surface area contributed by atoms with Crippen LogP contribution in [0, 0.1) is 12.8 Å². The highest BCUT2D eigenvalue weighted by atomic mass is 16.3. The second-order valence-electron chi connectivity index (χ2n) is 6.95. The van der Waals surface area contributed by atoms with Gasteiger partial charge in [-0.3, -0.25) is 14.4 Å². The smallest absolute Gasteiger partial charge is 0.289 e. The molecule has 2 aliphatic heterocycles. The van der Waals surface area contributed by atoms with Crippen molar-refractivity contribution in [1.29, 1.82) is 0 Å². The average Bonchev–Trinajstić information content (AvgIpc) is 3.29. The monoisotopic (exact) mass is 329 g/mol. The number of likely N-dealkylation sites (tertiary alicyclic amines) is 2. The molecule has 4 heterocycles. The summed E-state index contributed by atoms with van der Waals surface area (Å²) in [6, 6.07) is 4.61. The van der Waals surface area contributed by atoms with E-state index in [1.54, 1.807) is 18.7 Å². The summed E-state index contributed by atoms with van der Waals surface area (Å²) >= 11 is 0. The lowest BCUT2D eigenvalue weighted by Gasteiger charge is -2.37. The van der Waals surface area contributed by atoms with Crippen molar-refractivity contribution >= 4 is 5.91 Å². The molecule has 24 heavy (non-hydrogen) atoms. The summed E-state index contributed by atoms with van der Waals surface area (Å²) in [5, 5.41) is 4.22. The lowest BCUT2D eigenvalue weighted by molar-refractivity contribution is 0.0575. The Kier molecular flexibility index (Phi) is 3.88. The average molecular weight is 329 g/mol. The Hall–Kier alpha value is -2.15. The molecule has 0 aliphatic carbocycles. The van der Waals surface area contributed by atoms with Crippen LogP contribution >= 0.6 is 0 Å². The van der Waals surface area contributed by atoms with Crippen molar-refractivity contribution in [2.24, 2.45) is 5.92 Å². The molecule has 2 fully saturated rings. The first-order valence-electron chi connectivity index (χ1n) is 8.52. The number of nitrogens with zero attached hydrogens (tertiary/aromatic N) is 5. The predicted octanol–water partition coefficient (Wildman–Crippen LogP) is 1.41. The van der Waals surface area contributed by atoms with E-state index in [-0.39, 0.29) is 5.91 Å². The molecule has 1 amide bonds. The quantitative estimate of drug-likeness (QED) is 0.852. The molecule has 0 N–H and O–H groups in total. The molecule has 2 saturated heterocycles. The minimum Gasteiger partial charge on any atom is -0.456 e. The van der Waals surface area contributed by atoms with Crippen LogP contribution in [0.1, 0.15) is 29.2 Å². The van der Waals surface area contributed by atoms with E-state index in [0.717, 1.165) is 38.2 Å². The molecular weight excluding hydrogens is 306 g/mol. The molecule has 2 aliphatic rings. The Balaban J connectivity index is 1.42. The third-order valence-electron chi connectivity index (χ3n) is 5.47. The minimum atomic E-state index is 0.0175. The number of carbonyl (C=O) groups excluding carboxylic acids is 1. The van der Waals surface area contributed by atoms with Crippen LogP contribution in [-0.2, 0) is 6.54 Å². The number of aromatic nitrogens is 3. The summed E-state index contributed by atoms with van der Waals surface area (Å²) in [4.78, 5) is 21.1. The fourth-order valence-electron chi connectivity index (χ4n) is 4.21. The number of piperidine rings is 1. The lowest BCUT2D eigenvalue weighted by Crippen LogP contribution is -2.47. The molecule has 3 atom stereocenters. The molecule has 128 valence electrons. The van der Waals surface area contributed by atoms with E-state index in [1.165, 1.54) is 0 Å². The van der Waals surface area contributed by atoms with E-state index in [1.807, 2.05) is 22.6 Å². The number of furan rings is 1. The number of hydrogen-bond acceptors (Lipinski definition) is 5. The Morgan fingerprint density at radius 3 is 3.00 bits per heavy atom. The summed E-state index contributed by atoms with van der Waals surface area (Å²) in [7, 11) is 2.19. The maximum atomic E-state index is 12.6. The zero-order valence-corrected chi connectivity index (χ0v) is 14.1. The summed E-state index contributed by atoms with van der Waals surface area (Å²) in [5.41, 5.74) is 0. The van der Waals surface area contributed by atoms with E-state index >= 15 is 0 Å². The van der Waals surface area contributed by atoms with Crippen LogP contribution in [0.4, 0.5) is 0 Å². The van der Waals surface area contributed by atoms with Crippen molar-refractivity contribution in [3.63, 3.8) is 0 Å². The Morgan fingerprint density at radius 2 is 2.29 bits per heavy atom. The van der Waals surface area contributed by atoms with Gasteiger partial charge in [0.15, 0.2) is 5.76 Å². The van der Waals surface area contributed by atoms with E-state index in [2.05, 4.69) is 22.0 Å². The van der Waals surface area contributed by atoms with E-state index in [0.29, 0.717) is 23.8 Å². The van der Waals surface area contributed by atoms with Gasteiger partial charge in [-0.1, -0.05) is 0 Å². The highest BCUT2D eigenvalue weighted by Crippen LogP contribution is 2.35. The topological polar surface area (TPSA) is 67.4 Å². The van der Waals surface area contributed by atoms with Gasteiger partial charge in [0.05, 0.1) is 6.54 Å². The first-order valence-corrected chi connectivity index (χ1v) is 8.52. The molecule has 0 unspecified atom stereocenters. The number of hydrogen-bond donors (Lipinski definition) is 0. The van der Waals surface area contributed by atoms with Crippen molar-refractivity contribution in [2.45, 2.75) is 38.4 Å². The van der Waals surface area contributed by atoms with Crippen LogP contribution in [0.2, 0.25) is 0 Å². The molecule has 0 radical (unpaired) electrons. The molecular formula is C17H23N5O2. The van der Waals surface area contributed by atoms with E-state index in [9.17, 15) is 4.79 Å². The number of likely N-dealkylation sites (N-methyl/N-ethyl adjacent to an activating group) is 1. The second kappa shape index (κ2) is 6.05. The molecule has 0 spiro atoms. The highest BCUT2D eigenvalue weighted by molar-refractivity contribution is 5.91. The van der Waals surface area contributed by atoms with Crippen molar-refractivity contribution in [3.05, 3.63) is 36.3 Å². The van der Waals surface area contributed by atoms with Gasteiger partial charge in [-0.2, -0.15) is 5.10 Å². The number of amides is 1. The normalized spacial score (nSPS) is 27.4. The molecule has 2 aromatic rings. The first kappa shape index (κ1) is 15.4. The van der Waals surface area contributed by atoms with Crippen LogP contribution in [-0.4, -0.2) is 62.7 Å². The lowest BCUT2D eigenvalue weighted by atomic mass is 9.92. The van der Waals surface area contributed by atoms with Crippen LogP contribution in [0.3, 0.4) is 0 Å². The molecule has 0 aromatic carbocycles. The van der Waals surface area contributed by atoms with Crippen LogP contribution in [0.25, 0.3) is 0 Å². The fourth-order valence-corrected chi connectivity index (χ4v) is 4.21. The van der Waals surface area contributed by atoms with E-state index < -0.39 is 0 Å². The summed E-state index contributed by atoms with van der Waals surface area (Å²) in [6.45, 7) is 4.32. The first-order chi connectivity index (χ1) is 11.6. The van der Waals surface area contributed by atoms with Gasteiger partial charge >= 0.3 is 0 Å². The Morgan fingerprint density at radius 1 is 1.42 bits per heavy atom. The third-order valence-corrected chi connectivity index (χ3v) is 5.47. The summed E-state index contributed by atoms with van der Waals surface area (Å²) < 4.78 is 7.40. The maximum absolute atomic E-state index is 12.6. The van der Waals surface area contributed by atoms with Gasteiger partial charge in [0.2, 0.25) is 0 Å². The molecule has 4 rings (SSSR count). The van der Waals surface area contributed by atoms with Gasteiger partial charge in [-0.15, -0.1) is 0 Å². The number of rotatable bonds is 3. The van der Waals surface area contributed by atoms with Crippen LogP contribution < -0.4 is 0 Å². The highest BCUT2D eigenvalue weighted by Gasteiger charge is 2.43. The van der Waals surface area contributed by atoms with Gasteiger partial charge in [-0.25, -0.2) is 4.98 Å². The molecule has 7 heteroatoms. The number of carbonyl (C=O) groups is 1. The van der Waals surface area contributed by atoms with Crippen LogP contribution in [0.15, 0.2) is 29.2 Å². The number of fused-ring (bicyclic) bond motifs is 1. The summed E-state index contributed by atoms with van der Waals surface area (Å²) in [6.07, 6.45) is 5.45. The third kappa shape index (κ3) is 2.73. The minimum absolute atomic E-state index is 0.0175. The van der Waals surface area contributed by atoms with Gasteiger partial charge in [0.1, 0.15) is 18.4 Å². The summed E-state index contributed by atoms with van der Waals surface area (Å²) in [5.74, 6) is 1.76. The SMILES string of the molecule is Cc1ccc(C(=O)N2CC[C@@H]3[C@@H](C[C@H](Cn4cncn4)N3C)C2)o1. The maximum Gasteiger partial charge on any atom is 0.289 e. The number of aryl methyl sites for hydroxylation is 1. The molecule has 0 saturated carbocycles. The van der Waals surface area contributed by atoms with Gasteiger partial charge < -0.3 is 9.32 Å². The standard InChI is InChI=1S/C17H23N5O2/c1-12-3-4-16(24-12)17(23)21-6-5-15-13(8-21)7-14(20(15)2)9-22-11-18-10-19-22/h3-4,10-11,13-15H,5-9H2,1-2H3/t13-,14+,15+/m0/s1. The van der Waals surface area contributed by atoms with Gasteiger partial charge in [-0.05, 0) is 44.9 Å². The van der Waals surface area contributed by atoms with Crippen molar-refractivity contribution in [3.8, 4) is 0 Å². The van der Waals surface area contributed by atoms with Crippen LogP contribution in [0.5, 0.6) is 0 Å². The fraction of sp³-hybridized carbons (Fsp3) is 0.588. The molecule has 2 aromatic heterocycles. The van der Waals surface area contributed by atoms with Crippen molar-refractivity contribution < 1.29 is 9.21 Å². The Labute approximate surface area is 141 Å². The van der Waals surface area contributed by atoms with E-state index in [4.69, 9.17) is 4.42 Å². The van der Waals surface area contributed by atoms with Gasteiger partial charge in [0.25, 0.3) is 5.91 Å². The zero-order valence-electron chi connectivity index (χ0n) is 14.1. The predicted molar refractivity (Wildman–Crippen MR) is 87.4 cm³/mol. The largest absolute Gasteiger partial charge is 0.456 e. The molecule has 0 bridgehead atoms. The van der Waals surface area contributed by atoms with Crippen molar-refractivity contribution in [1.82, 2.24) is 24.6 Å². The van der Waals surface area contributed by atoms with Gasteiger partial charge in [0, 0.05) is 25.2 Å². The molecule has 7 nitrogen and oxygen atoms in total. The zero-order chi connectivity index (χ0) is 16.7.